The van der Waals surface area contributed by atoms with Gasteiger partial charge in [-0.2, -0.15) is 0 Å². The van der Waals surface area contributed by atoms with Crippen molar-refractivity contribution in [1.82, 2.24) is 14.1 Å². The lowest BCUT2D eigenvalue weighted by atomic mass is 10.0. The van der Waals surface area contributed by atoms with Crippen LogP contribution in [0.5, 0.6) is 11.5 Å². The number of hydrogen-bond donors (Lipinski definition) is 1. The van der Waals surface area contributed by atoms with Crippen molar-refractivity contribution in [3.05, 3.63) is 80.8 Å². The Kier molecular flexibility index (Phi) is 4.86. The minimum Gasteiger partial charge on any atom is -0.455 e. The number of ether oxygens (including phenoxy) is 1. The predicted molar refractivity (Wildman–Crippen MR) is 120 cm³/mol. The molecule has 0 atom stereocenters. The topological polar surface area (TPSA) is 69.0 Å². The third-order valence-corrected chi connectivity index (χ3v) is 5.41. The summed E-state index contributed by atoms with van der Waals surface area (Å²) in [5, 5.41) is 0.756. The Hall–Kier alpha value is -3.54. The van der Waals surface area contributed by atoms with Gasteiger partial charge in [0.15, 0.2) is 5.75 Å². The van der Waals surface area contributed by atoms with E-state index in [1.54, 1.807) is 36.3 Å². The van der Waals surface area contributed by atoms with E-state index in [-0.39, 0.29) is 17.2 Å². The van der Waals surface area contributed by atoms with Gasteiger partial charge in [0.05, 0.1) is 6.20 Å². The van der Waals surface area contributed by atoms with E-state index in [9.17, 15) is 9.59 Å². The molecule has 0 saturated heterocycles. The average Bonchev–Trinajstić information content (AvgIpc) is 3.18. The minimum atomic E-state index is -0.119. The molecule has 0 aliphatic rings. The number of nitrogens with one attached hydrogen (secondary N) is 1. The number of hydrogen-bond acceptors (Lipinski definition) is 3. The molecule has 3 aromatic heterocycles. The zero-order chi connectivity index (χ0) is 21.6. The van der Waals surface area contributed by atoms with Crippen LogP contribution in [0.2, 0.25) is 0 Å². The van der Waals surface area contributed by atoms with Gasteiger partial charge in [0.25, 0.3) is 11.1 Å². The highest BCUT2D eigenvalue weighted by Gasteiger charge is 2.18. The number of benzene rings is 1. The van der Waals surface area contributed by atoms with E-state index >= 15 is 0 Å². The van der Waals surface area contributed by atoms with Crippen LogP contribution < -0.4 is 15.9 Å². The number of para-hydroxylation sites is 1. The lowest BCUT2D eigenvalue weighted by molar-refractivity contribution is 0.461. The first kappa shape index (κ1) is 19.8. The monoisotopic (exact) mass is 403 g/mol. The quantitative estimate of drug-likeness (QED) is 0.538. The maximum absolute atomic E-state index is 12.9. The number of nitrogens with zero attached hydrogens (tertiary/aromatic N) is 2. The fraction of sp³-hybridized carbons (Fsp3) is 0.250. The Morgan fingerprint density at radius 2 is 1.70 bits per heavy atom. The summed E-state index contributed by atoms with van der Waals surface area (Å²) >= 11 is 0. The number of rotatable bonds is 4. The highest BCUT2D eigenvalue weighted by Crippen LogP contribution is 2.37. The summed E-state index contributed by atoms with van der Waals surface area (Å²) in [4.78, 5) is 28.3. The maximum Gasteiger partial charge on any atom is 0.274 e. The first-order chi connectivity index (χ1) is 14.3. The van der Waals surface area contributed by atoms with Gasteiger partial charge in [0.1, 0.15) is 11.3 Å². The zero-order valence-corrected chi connectivity index (χ0v) is 17.8. The fourth-order valence-electron chi connectivity index (χ4n) is 3.78. The maximum atomic E-state index is 12.9. The van der Waals surface area contributed by atoms with Crippen LogP contribution in [-0.2, 0) is 7.05 Å². The lowest BCUT2D eigenvalue weighted by Crippen LogP contribution is -2.21. The molecule has 4 aromatic rings. The fourth-order valence-corrected chi connectivity index (χ4v) is 3.78. The van der Waals surface area contributed by atoms with Crippen molar-refractivity contribution in [1.29, 1.82) is 0 Å². The number of pyridine rings is 2. The van der Waals surface area contributed by atoms with Crippen molar-refractivity contribution >= 4 is 10.9 Å². The molecule has 0 aliphatic heterocycles. The molecule has 0 unspecified atom stereocenters. The highest BCUT2D eigenvalue weighted by molar-refractivity contribution is 5.95. The Bertz CT molecular complexity index is 1350. The second-order valence-corrected chi connectivity index (χ2v) is 7.94. The molecule has 30 heavy (non-hydrogen) atoms. The Balaban J connectivity index is 2.02. The van der Waals surface area contributed by atoms with Gasteiger partial charge in [-0.1, -0.05) is 18.2 Å². The van der Waals surface area contributed by atoms with E-state index < -0.39 is 0 Å². The first-order valence-electron chi connectivity index (χ1n) is 9.95. The molecular weight excluding hydrogens is 378 g/mol. The van der Waals surface area contributed by atoms with Crippen molar-refractivity contribution in [2.24, 2.45) is 7.05 Å². The van der Waals surface area contributed by atoms with Crippen molar-refractivity contribution < 1.29 is 4.74 Å². The van der Waals surface area contributed by atoms with Crippen molar-refractivity contribution in [2.75, 3.05) is 0 Å². The van der Waals surface area contributed by atoms with Gasteiger partial charge in [-0.05, 0) is 44.9 Å². The van der Waals surface area contributed by atoms with Crippen LogP contribution in [-0.4, -0.2) is 14.1 Å². The molecule has 1 aromatic carbocycles. The van der Waals surface area contributed by atoms with Crippen LogP contribution in [0.3, 0.4) is 0 Å². The normalized spacial score (nSPS) is 11.4. The van der Waals surface area contributed by atoms with Crippen LogP contribution >= 0.6 is 0 Å². The summed E-state index contributed by atoms with van der Waals surface area (Å²) in [6.07, 6.45) is 5.25. The lowest BCUT2D eigenvalue weighted by Gasteiger charge is -2.19. The molecule has 6 heteroatoms. The molecule has 0 bridgehead atoms. The van der Waals surface area contributed by atoms with Gasteiger partial charge in [-0.3, -0.25) is 9.59 Å². The first-order valence-corrected chi connectivity index (χ1v) is 9.95. The summed E-state index contributed by atoms with van der Waals surface area (Å²) in [6, 6.07) is 9.41. The van der Waals surface area contributed by atoms with E-state index in [1.807, 2.05) is 52.0 Å². The molecule has 3 heterocycles. The molecule has 4 rings (SSSR count). The number of aromatic amines is 1. The van der Waals surface area contributed by atoms with Crippen LogP contribution in [0.1, 0.15) is 31.0 Å². The predicted octanol–water partition coefficient (Wildman–Crippen LogP) is 4.69. The largest absolute Gasteiger partial charge is 0.455 e. The van der Waals surface area contributed by atoms with Crippen LogP contribution in [0, 0.1) is 13.8 Å². The summed E-state index contributed by atoms with van der Waals surface area (Å²) in [7, 11) is 1.70. The molecule has 154 valence electrons. The molecule has 0 fully saturated rings. The Labute approximate surface area is 174 Å². The summed E-state index contributed by atoms with van der Waals surface area (Å²) in [5.41, 5.74) is 3.70. The van der Waals surface area contributed by atoms with Crippen LogP contribution in [0.4, 0.5) is 0 Å². The third kappa shape index (κ3) is 3.24. The van der Waals surface area contributed by atoms with Gasteiger partial charge in [-0.15, -0.1) is 0 Å². The number of fused-ring (bicyclic) bond motifs is 1. The summed E-state index contributed by atoms with van der Waals surface area (Å²) < 4.78 is 9.58. The zero-order valence-electron chi connectivity index (χ0n) is 17.8. The Morgan fingerprint density at radius 1 is 1.00 bits per heavy atom. The molecule has 1 N–H and O–H groups in total. The van der Waals surface area contributed by atoms with E-state index in [0.29, 0.717) is 16.8 Å². The number of H-pyrrole nitrogens is 1. The molecule has 0 spiro atoms. The van der Waals surface area contributed by atoms with Gasteiger partial charge in [0.2, 0.25) is 0 Å². The molecule has 0 aliphatic carbocycles. The minimum absolute atomic E-state index is 0.0146. The summed E-state index contributed by atoms with van der Waals surface area (Å²) in [5.74, 6) is 1.34. The molecule has 0 amide bonds. The van der Waals surface area contributed by atoms with Crippen molar-refractivity contribution in [2.45, 2.75) is 33.7 Å². The van der Waals surface area contributed by atoms with Crippen LogP contribution in [0.15, 0.2) is 58.5 Å². The second kappa shape index (κ2) is 7.37. The second-order valence-electron chi connectivity index (χ2n) is 7.94. The Morgan fingerprint density at radius 3 is 2.37 bits per heavy atom. The number of aromatic nitrogens is 3. The average molecular weight is 403 g/mol. The highest BCUT2D eigenvalue weighted by atomic mass is 16.5. The molecule has 0 saturated carbocycles. The van der Waals surface area contributed by atoms with E-state index in [4.69, 9.17) is 4.74 Å². The SMILES string of the molecule is Cc1cccc(C)c1Oc1cn(C(C)C)c(=O)cc1-c1cn(C)c(=O)c2[nH]ccc12. The standard InChI is InChI=1S/C24H25N3O3/c1-14(2)27-13-20(30-23-15(3)7-6-8-16(23)4)18(11-21(27)28)19-12-26(5)24(29)22-17(19)9-10-25-22/h6-14,25H,1-5H3. The molecule has 0 radical (unpaired) electrons. The molecular formula is C24H25N3O3. The molecule has 6 nitrogen and oxygen atoms in total. The van der Waals surface area contributed by atoms with Crippen LogP contribution in [0.25, 0.3) is 22.0 Å². The van der Waals surface area contributed by atoms with Gasteiger partial charge >= 0.3 is 0 Å². The van der Waals surface area contributed by atoms with Gasteiger partial charge < -0.3 is 18.9 Å². The van der Waals surface area contributed by atoms with Crippen molar-refractivity contribution in [3.8, 4) is 22.6 Å². The van der Waals surface area contributed by atoms with E-state index in [0.717, 1.165) is 27.8 Å². The van der Waals surface area contributed by atoms with E-state index in [1.165, 1.54) is 4.57 Å². The van der Waals surface area contributed by atoms with Gasteiger partial charge in [0, 0.05) is 48.1 Å². The van der Waals surface area contributed by atoms with Crippen molar-refractivity contribution in [3.63, 3.8) is 0 Å². The van der Waals surface area contributed by atoms with Gasteiger partial charge in [-0.25, -0.2) is 0 Å². The summed E-state index contributed by atoms with van der Waals surface area (Å²) in [6.45, 7) is 7.91. The smallest absolute Gasteiger partial charge is 0.274 e. The third-order valence-electron chi connectivity index (χ3n) is 5.41. The number of aryl methyl sites for hydroxylation is 3. The van der Waals surface area contributed by atoms with E-state index in [2.05, 4.69) is 4.98 Å².